The first-order chi connectivity index (χ1) is 11.0. The van der Waals surface area contributed by atoms with Crippen LogP contribution < -0.4 is 10.8 Å². The van der Waals surface area contributed by atoms with Crippen molar-refractivity contribution in [2.75, 3.05) is 0 Å². The summed E-state index contributed by atoms with van der Waals surface area (Å²) in [5, 5.41) is 11.6. The number of aromatic nitrogens is 2. The van der Waals surface area contributed by atoms with Crippen LogP contribution in [-0.4, -0.2) is 27.0 Å². The number of carbonyl (C=O) groups excluding carboxylic acids is 2. The van der Waals surface area contributed by atoms with Crippen LogP contribution in [-0.2, 0) is 4.79 Å². The van der Waals surface area contributed by atoms with Crippen LogP contribution in [0.5, 0.6) is 0 Å². The Kier molecular flexibility index (Phi) is 6.04. The van der Waals surface area contributed by atoms with Gasteiger partial charge in [-0.3, -0.25) is 14.8 Å². The van der Waals surface area contributed by atoms with E-state index in [0.717, 1.165) is 12.8 Å². The molecule has 1 heterocycles. The normalized spacial score (nSPS) is 16.3. The Morgan fingerprint density at radius 2 is 1.87 bits per heavy atom. The molecule has 1 aliphatic rings. The van der Waals surface area contributed by atoms with E-state index in [1.165, 1.54) is 30.7 Å². The first-order valence-corrected chi connectivity index (χ1v) is 8.07. The van der Waals surface area contributed by atoms with E-state index in [4.69, 9.17) is 5.21 Å². The topological polar surface area (TPSA) is 104 Å². The third-order valence-corrected chi connectivity index (χ3v) is 4.25. The molecule has 23 heavy (non-hydrogen) atoms. The van der Waals surface area contributed by atoms with Gasteiger partial charge in [-0.2, -0.15) is 0 Å². The summed E-state index contributed by atoms with van der Waals surface area (Å²) in [7, 11) is 0. The first kappa shape index (κ1) is 17.3. The van der Waals surface area contributed by atoms with Gasteiger partial charge in [-0.25, -0.2) is 15.4 Å². The molecule has 2 amide bonds. The van der Waals surface area contributed by atoms with E-state index < -0.39 is 5.91 Å². The van der Waals surface area contributed by atoms with E-state index in [9.17, 15) is 9.59 Å². The third-order valence-electron chi connectivity index (χ3n) is 4.25. The van der Waals surface area contributed by atoms with Crippen molar-refractivity contribution in [3.05, 3.63) is 23.8 Å². The largest absolute Gasteiger partial charge is 0.346 e. The second kappa shape index (κ2) is 8.01. The second-order valence-corrected chi connectivity index (χ2v) is 6.41. The molecular formula is C16H24N4O3. The molecule has 1 unspecified atom stereocenters. The summed E-state index contributed by atoms with van der Waals surface area (Å²) < 4.78 is 0. The van der Waals surface area contributed by atoms with E-state index in [1.807, 2.05) is 13.8 Å². The molecule has 0 saturated heterocycles. The van der Waals surface area contributed by atoms with Gasteiger partial charge in [0.15, 0.2) is 5.82 Å². The van der Waals surface area contributed by atoms with Gasteiger partial charge in [0.2, 0.25) is 5.91 Å². The summed E-state index contributed by atoms with van der Waals surface area (Å²) in [6, 6.07) is -0.296. The average Bonchev–Trinajstić information content (AvgIpc) is 3.04. The van der Waals surface area contributed by atoms with Gasteiger partial charge in [-0.05, 0) is 24.7 Å². The Balaban J connectivity index is 2.02. The highest BCUT2D eigenvalue weighted by molar-refractivity contribution is 5.92. The molecule has 0 bridgehead atoms. The minimum atomic E-state index is -0.664. The van der Waals surface area contributed by atoms with Crippen molar-refractivity contribution in [1.82, 2.24) is 20.8 Å². The molecule has 0 aliphatic heterocycles. The number of hydrogen-bond donors (Lipinski definition) is 3. The smallest absolute Gasteiger partial charge is 0.277 e. The number of rotatable bonds is 6. The van der Waals surface area contributed by atoms with Crippen LogP contribution in [0, 0.1) is 11.8 Å². The fourth-order valence-corrected chi connectivity index (χ4v) is 2.92. The predicted molar refractivity (Wildman–Crippen MR) is 83.6 cm³/mol. The van der Waals surface area contributed by atoms with Gasteiger partial charge in [0, 0.05) is 18.8 Å². The first-order valence-electron chi connectivity index (χ1n) is 8.07. The van der Waals surface area contributed by atoms with Gasteiger partial charge in [0.25, 0.3) is 5.91 Å². The molecule has 7 heteroatoms. The fourth-order valence-electron chi connectivity index (χ4n) is 2.92. The lowest BCUT2D eigenvalue weighted by Gasteiger charge is -2.22. The van der Waals surface area contributed by atoms with Crippen molar-refractivity contribution in [1.29, 1.82) is 0 Å². The van der Waals surface area contributed by atoms with Crippen molar-refractivity contribution < 1.29 is 14.8 Å². The number of carbonyl (C=O) groups is 2. The van der Waals surface area contributed by atoms with Gasteiger partial charge in [-0.15, -0.1) is 0 Å². The molecule has 1 atom stereocenters. The number of hydroxylamine groups is 1. The molecule has 7 nitrogen and oxygen atoms in total. The lowest BCUT2D eigenvalue weighted by atomic mass is 10.0. The Morgan fingerprint density at radius 3 is 2.39 bits per heavy atom. The van der Waals surface area contributed by atoms with Crippen LogP contribution >= 0.6 is 0 Å². The van der Waals surface area contributed by atoms with Crippen LogP contribution in [0.3, 0.4) is 0 Å². The van der Waals surface area contributed by atoms with Gasteiger partial charge in [0.1, 0.15) is 0 Å². The van der Waals surface area contributed by atoms with Crippen molar-refractivity contribution in [3.63, 3.8) is 0 Å². The number of nitrogens with zero attached hydrogens (tertiary/aromatic N) is 2. The van der Waals surface area contributed by atoms with Crippen LogP contribution in [0.1, 0.15) is 68.2 Å². The Labute approximate surface area is 135 Å². The monoisotopic (exact) mass is 320 g/mol. The molecule has 3 N–H and O–H groups in total. The molecule has 1 aliphatic carbocycles. The van der Waals surface area contributed by atoms with Crippen molar-refractivity contribution in [2.45, 2.75) is 52.0 Å². The summed E-state index contributed by atoms with van der Waals surface area (Å²) >= 11 is 0. The van der Waals surface area contributed by atoms with Gasteiger partial charge in [-0.1, -0.05) is 26.7 Å². The van der Waals surface area contributed by atoms with Crippen molar-refractivity contribution >= 4 is 11.8 Å². The lowest BCUT2D eigenvalue weighted by molar-refractivity contribution is -0.123. The molecule has 1 saturated carbocycles. The van der Waals surface area contributed by atoms with Crippen LogP contribution in [0.25, 0.3) is 0 Å². The van der Waals surface area contributed by atoms with E-state index in [-0.39, 0.29) is 23.4 Å². The Bertz CT molecular complexity index is 539. The van der Waals surface area contributed by atoms with E-state index >= 15 is 0 Å². The molecule has 1 aromatic rings. The van der Waals surface area contributed by atoms with Crippen LogP contribution in [0.4, 0.5) is 0 Å². The van der Waals surface area contributed by atoms with Crippen LogP contribution in [0.15, 0.2) is 12.4 Å². The van der Waals surface area contributed by atoms with E-state index in [1.54, 1.807) is 0 Å². The molecule has 0 spiro atoms. The molecule has 0 radical (unpaired) electrons. The molecule has 2 rings (SSSR count). The summed E-state index contributed by atoms with van der Waals surface area (Å²) in [6.07, 6.45) is 7.90. The fraction of sp³-hybridized carbons (Fsp3) is 0.625. The molecular weight excluding hydrogens is 296 g/mol. The van der Waals surface area contributed by atoms with Crippen molar-refractivity contribution in [3.8, 4) is 0 Å². The summed E-state index contributed by atoms with van der Waals surface area (Å²) in [4.78, 5) is 31.8. The zero-order valence-electron chi connectivity index (χ0n) is 13.6. The minimum Gasteiger partial charge on any atom is -0.346 e. The van der Waals surface area contributed by atoms with Crippen LogP contribution in [0.2, 0.25) is 0 Å². The highest BCUT2D eigenvalue weighted by Crippen LogP contribution is 2.28. The van der Waals surface area contributed by atoms with Gasteiger partial charge in [0.05, 0.1) is 11.6 Å². The molecule has 1 fully saturated rings. The maximum Gasteiger partial charge on any atom is 0.277 e. The number of hydrogen-bond acceptors (Lipinski definition) is 5. The Morgan fingerprint density at radius 1 is 1.26 bits per heavy atom. The standard InChI is InChI=1S/C16H24N4O3/c1-10(2)14(19-13(21)7-11-5-3-4-6-11)15-17-8-12(9-18-15)16(22)20-23/h8-11,14,23H,3-7H2,1-2H3,(H,19,21)(H,20,22). The van der Waals surface area contributed by atoms with Gasteiger partial charge < -0.3 is 5.32 Å². The second-order valence-electron chi connectivity index (χ2n) is 6.41. The summed E-state index contributed by atoms with van der Waals surface area (Å²) in [5.41, 5.74) is 1.70. The molecule has 0 aromatic carbocycles. The zero-order valence-corrected chi connectivity index (χ0v) is 13.6. The quantitative estimate of drug-likeness (QED) is 0.549. The zero-order chi connectivity index (χ0) is 16.8. The lowest BCUT2D eigenvalue weighted by Crippen LogP contribution is -2.34. The Hall–Kier alpha value is -2.02. The molecule has 126 valence electrons. The highest BCUT2D eigenvalue weighted by Gasteiger charge is 2.24. The maximum atomic E-state index is 12.2. The van der Waals surface area contributed by atoms with E-state index in [2.05, 4.69) is 15.3 Å². The minimum absolute atomic E-state index is 0.0244. The summed E-state index contributed by atoms with van der Waals surface area (Å²) in [6.45, 7) is 3.97. The van der Waals surface area contributed by atoms with Gasteiger partial charge >= 0.3 is 0 Å². The number of amides is 2. The van der Waals surface area contributed by atoms with E-state index in [0.29, 0.717) is 18.2 Å². The summed E-state index contributed by atoms with van der Waals surface area (Å²) in [5.74, 6) is 0.438. The SMILES string of the molecule is CC(C)C(NC(=O)CC1CCCC1)c1ncc(C(=O)NO)cn1. The number of nitrogens with one attached hydrogen (secondary N) is 2. The molecule has 1 aromatic heterocycles. The highest BCUT2D eigenvalue weighted by atomic mass is 16.5. The predicted octanol–water partition coefficient (Wildman–Crippen LogP) is 1.99. The third kappa shape index (κ3) is 4.72. The van der Waals surface area contributed by atoms with Crippen molar-refractivity contribution in [2.24, 2.45) is 11.8 Å². The average molecular weight is 320 g/mol. The maximum absolute atomic E-state index is 12.2.